The molecule has 5 nitrogen and oxygen atoms in total. The van der Waals surface area contributed by atoms with Crippen LogP contribution in [-0.4, -0.2) is 54.3 Å². The Labute approximate surface area is 131 Å². The molecule has 0 bridgehead atoms. The van der Waals surface area contributed by atoms with Gasteiger partial charge in [-0.1, -0.05) is 18.2 Å². The number of carbonyl (C=O) groups excluding carboxylic acids is 2. The van der Waals surface area contributed by atoms with Crippen molar-refractivity contribution in [2.24, 2.45) is 0 Å². The third-order valence-electron chi connectivity index (χ3n) is 4.72. The highest BCUT2D eigenvalue weighted by molar-refractivity contribution is 5.87. The number of hydrogen-bond acceptors (Lipinski definition) is 3. The first kappa shape index (κ1) is 14.9. The van der Waals surface area contributed by atoms with E-state index >= 15 is 0 Å². The van der Waals surface area contributed by atoms with Crippen molar-refractivity contribution in [1.29, 1.82) is 0 Å². The van der Waals surface area contributed by atoms with Crippen LogP contribution in [0.3, 0.4) is 0 Å². The molecule has 1 aromatic rings. The Morgan fingerprint density at radius 1 is 1.14 bits per heavy atom. The van der Waals surface area contributed by atoms with E-state index in [1.807, 2.05) is 17.0 Å². The van der Waals surface area contributed by atoms with Crippen LogP contribution < -0.4 is 4.90 Å². The molecule has 118 valence electrons. The molecule has 2 amide bonds. The molecule has 2 aliphatic rings. The highest BCUT2D eigenvalue weighted by Crippen LogP contribution is 2.26. The van der Waals surface area contributed by atoms with E-state index in [0.717, 1.165) is 19.4 Å². The zero-order valence-electron chi connectivity index (χ0n) is 13.3. The summed E-state index contributed by atoms with van der Waals surface area (Å²) < 4.78 is 0. The number of rotatable bonds is 1. The van der Waals surface area contributed by atoms with Crippen molar-refractivity contribution in [3.05, 3.63) is 29.8 Å². The molecule has 3 rings (SSSR count). The average molecular weight is 301 g/mol. The molecule has 0 aromatic heterocycles. The second-order valence-electron chi connectivity index (χ2n) is 6.18. The molecular weight excluding hydrogens is 278 g/mol. The number of benzene rings is 1. The summed E-state index contributed by atoms with van der Waals surface area (Å²) in [4.78, 5) is 30.4. The lowest BCUT2D eigenvalue weighted by molar-refractivity contribution is -0.143. The van der Waals surface area contributed by atoms with E-state index in [1.165, 1.54) is 11.3 Å². The average Bonchev–Trinajstić information content (AvgIpc) is 2.94. The largest absolute Gasteiger partial charge is 0.373 e. The van der Waals surface area contributed by atoms with E-state index in [0.29, 0.717) is 19.6 Å². The predicted octanol–water partition coefficient (Wildman–Crippen LogP) is 1.48. The third-order valence-corrected chi connectivity index (χ3v) is 4.72. The summed E-state index contributed by atoms with van der Waals surface area (Å²) in [5.41, 5.74) is 2.36. The van der Waals surface area contributed by atoms with Gasteiger partial charge >= 0.3 is 0 Å². The number of amides is 2. The number of nitrogens with zero attached hydrogens (tertiary/aromatic N) is 3. The molecule has 1 aromatic carbocycles. The molecule has 1 saturated heterocycles. The molecule has 0 saturated carbocycles. The highest BCUT2D eigenvalue weighted by Gasteiger charge is 2.35. The molecule has 0 aliphatic carbocycles. The molecular formula is C17H23N3O2. The lowest BCUT2D eigenvalue weighted by atomic mass is 10.1. The maximum Gasteiger partial charge on any atom is 0.245 e. The lowest BCUT2D eigenvalue weighted by Gasteiger charge is -2.29. The van der Waals surface area contributed by atoms with E-state index in [2.05, 4.69) is 24.1 Å². The zero-order valence-corrected chi connectivity index (χ0v) is 13.3. The van der Waals surface area contributed by atoms with Crippen LogP contribution in [0.1, 0.15) is 25.3 Å². The van der Waals surface area contributed by atoms with Gasteiger partial charge in [-0.15, -0.1) is 0 Å². The van der Waals surface area contributed by atoms with Crippen LogP contribution in [0.5, 0.6) is 0 Å². The Morgan fingerprint density at radius 3 is 2.68 bits per heavy atom. The second-order valence-corrected chi connectivity index (χ2v) is 6.18. The first-order chi connectivity index (χ1) is 10.6. The van der Waals surface area contributed by atoms with Crippen molar-refractivity contribution < 1.29 is 9.59 Å². The number of likely N-dealkylation sites (tertiary alicyclic amines) is 1. The Morgan fingerprint density at radius 2 is 1.91 bits per heavy atom. The van der Waals surface area contributed by atoms with Gasteiger partial charge in [-0.3, -0.25) is 9.59 Å². The number of anilines is 1. The highest BCUT2D eigenvalue weighted by atomic mass is 16.2. The molecule has 1 fully saturated rings. The number of carbonyl (C=O) groups is 2. The minimum absolute atomic E-state index is 0.00295. The van der Waals surface area contributed by atoms with Crippen molar-refractivity contribution in [3.63, 3.8) is 0 Å². The van der Waals surface area contributed by atoms with E-state index in [1.54, 1.807) is 11.8 Å². The molecule has 2 heterocycles. The topological polar surface area (TPSA) is 43.9 Å². The van der Waals surface area contributed by atoms with Crippen LogP contribution in [0.4, 0.5) is 5.69 Å². The fraction of sp³-hybridized carbons (Fsp3) is 0.529. The maximum absolute atomic E-state index is 12.9. The van der Waals surface area contributed by atoms with Gasteiger partial charge in [0.05, 0.1) is 0 Å². The van der Waals surface area contributed by atoms with Crippen LogP contribution in [0, 0.1) is 0 Å². The van der Waals surface area contributed by atoms with Crippen LogP contribution in [0.15, 0.2) is 24.3 Å². The van der Waals surface area contributed by atoms with Crippen LogP contribution in [0.25, 0.3) is 0 Å². The fourth-order valence-corrected chi connectivity index (χ4v) is 3.49. The van der Waals surface area contributed by atoms with Gasteiger partial charge in [0, 0.05) is 45.8 Å². The summed E-state index contributed by atoms with van der Waals surface area (Å²) in [5, 5.41) is 0. The van der Waals surface area contributed by atoms with Crippen molar-refractivity contribution >= 4 is 17.5 Å². The minimum atomic E-state index is -0.270. The number of fused-ring (bicyclic) bond motifs is 1. The lowest BCUT2D eigenvalue weighted by Crippen LogP contribution is -2.47. The van der Waals surface area contributed by atoms with Crippen molar-refractivity contribution in [1.82, 2.24) is 9.80 Å². The van der Waals surface area contributed by atoms with Crippen molar-refractivity contribution in [2.75, 3.05) is 31.6 Å². The molecule has 0 radical (unpaired) electrons. The Balaban J connectivity index is 1.81. The summed E-state index contributed by atoms with van der Waals surface area (Å²) in [6.45, 7) is 4.40. The minimum Gasteiger partial charge on any atom is -0.373 e. The van der Waals surface area contributed by atoms with Gasteiger partial charge in [0.25, 0.3) is 0 Å². The zero-order chi connectivity index (χ0) is 15.7. The Bertz CT molecular complexity index is 587. The summed E-state index contributed by atoms with van der Waals surface area (Å²) in [7, 11) is 2.06. The maximum atomic E-state index is 12.9. The molecule has 0 N–H and O–H groups in total. The monoisotopic (exact) mass is 301 g/mol. The summed E-state index contributed by atoms with van der Waals surface area (Å²) in [5.74, 6) is 0.0981. The molecule has 22 heavy (non-hydrogen) atoms. The Hall–Kier alpha value is -2.04. The number of likely N-dealkylation sites (N-methyl/N-ethyl adjacent to an activating group) is 1. The smallest absolute Gasteiger partial charge is 0.245 e. The first-order valence-corrected chi connectivity index (χ1v) is 7.93. The van der Waals surface area contributed by atoms with E-state index in [4.69, 9.17) is 0 Å². The van der Waals surface area contributed by atoms with Gasteiger partial charge in [-0.2, -0.15) is 0 Å². The standard InChI is InChI=1S/C17H23N3O2/c1-13(21)20-9-5-8-16(20)17(22)19-11-10-18(2)15-7-4-3-6-14(15)12-19/h3-4,6-7,16H,5,8-12H2,1-2H3/t16-/m0/s1. The van der Waals surface area contributed by atoms with E-state index in [9.17, 15) is 9.59 Å². The van der Waals surface area contributed by atoms with E-state index in [-0.39, 0.29) is 17.9 Å². The van der Waals surface area contributed by atoms with Gasteiger partial charge in [0.15, 0.2) is 0 Å². The SMILES string of the molecule is CC(=O)N1CCC[C@H]1C(=O)N1CCN(C)c2ccccc2C1. The van der Waals surface area contributed by atoms with Crippen molar-refractivity contribution in [2.45, 2.75) is 32.4 Å². The quantitative estimate of drug-likeness (QED) is 0.789. The number of para-hydroxylation sites is 1. The third kappa shape index (κ3) is 2.67. The van der Waals surface area contributed by atoms with Crippen LogP contribution >= 0.6 is 0 Å². The fourth-order valence-electron chi connectivity index (χ4n) is 3.49. The normalized spacial score (nSPS) is 21.5. The molecule has 0 spiro atoms. The Kier molecular flexibility index (Phi) is 4.05. The van der Waals surface area contributed by atoms with Gasteiger partial charge < -0.3 is 14.7 Å². The molecule has 0 unspecified atom stereocenters. The predicted molar refractivity (Wildman–Crippen MR) is 85.5 cm³/mol. The second kappa shape index (κ2) is 5.99. The van der Waals surface area contributed by atoms with Gasteiger partial charge in [0.1, 0.15) is 6.04 Å². The molecule has 1 atom stereocenters. The van der Waals surface area contributed by atoms with Gasteiger partial charge in [-0.25, -0.2) is 0 Å². The number of hydrogen-bond donors (Lipinski definition) is 0. The van der Waals surface area contributed by atoms with Gasteiger partial charge in [0.2, 0.25) is 11.8 Å². The first-order valence-electron chi connectivity index (χ1n) is 7.93. The summed E-state index contributed by atoms with van der Waals surface area (Å²) in [6, 6.07) is 7.95. The summed E-state index contributed by atoms with van der Waals surface area (Å²) in [6.07, 6.45) is 1.70. The molecule has 5 heteroatoms. The van der Waals surface area contributed by atoms with E-state index < -0.39 is 0 Å². The molecule has 2 aliphatic heterocycles. The van der Waals surface area contributed by atoms with Crippen molar-refractivity contribution in [3.8, 4) is 0 Å². The van der Waals surface area contributed by atoms with Crippen LogP contribution in [0.2, 0.25) is 0 Å². The summed E-state index contributed by atoms with van der Waals surface area (Å²) >= 11 is 0. The van der Waals surface area contributed by atoms with Crippen LogP contribution in [-0.2, 0) is 16.1 Å². The van der Waals surface area contributed by atoms with Gasteiger partial charge in [-0.05, 0) is 24.5 Å².